The highest BCUT2D eigenvalue weighted by molar-refractivity contribution is 7.05. The van der Waals surface area contributed by atoms with Crippen LogP contribution in [0.4, 0.5) is 4.39 Å². The summed E-state index contributed by atoms with van der Waals surface area (Å²) in [4.78, 5) is 19.0. The van der Waals surface area contributed by atoms with E-state index in [2.05, 4.69) is 14.6 Å². The number of para-hydroxylation sites is 1. The number of halogens is 1. The van der Waals surface area contributed by atoms with Crippen molar-refractivity contribution in [3.05, 3.63) is 52.4 Å². The van der Waals surface area contributed by atoms with Gasteiger partial charge in [-0.15, -0.1) is 5.10 Å². The first-order chi connectivity index (χ1) is 10.6. The number of aromatic nitrogens is 3. The number of amides is 1. The SMILES string of the molecule is Cc1nnsc1CN(C)C(=O)c1ccc2cccc(F)c2n1. The number of benzene rings is 1. The van der Waals surface area contributed by atoms with Gasteiger partial charge in [-0.1, -0.05) is 22.7 Å². The van der Waals surface area contributed by atoms with Gasteiger partial charge in [0.2, 0.25) is 0 Å². The molecule has 0 aliphatic rings. The van der Waals surface area contributed by atoms with Crippen molar-refractivity contribution in [2.45, 2.75) is 13.5 Å². The molecule has 0 bridgehead atoms. The third kappa shape index (κ3) is 2.67. The van der Waals surface area contributed by atoms with Crippen molar-refractivity contribution >= 4 is 28.3 Å². The Labute approximate surface area is 130 Å². The van der Waals surface area contributed by atoms with Crippen LogP contribution in [0.25, 0.3) is 10.9 Å². The standard InChI is InChI=1S/C15H13FN4OS/c1-9-13(22-19-18-9)8-20(2)15(21)12-7-6-10-4-3-5-11(16)14(10)17-12/h3-7H,8H2,1-2H3. The van der Waals surface area contributed by atoms with Crippen LogP contribution in [-0.2, 0) is 6.54 Å². The molecule has 0 unspecified atom stereocenters. The van der Waals surface area contributed by atoms with E-state index in [0.717, 1.165) is 10.6 Å². The molecular weight excluding hydrogens is 303 g/mol. The van der Waals surface area contributed by atoms with Gasteiger partial charge in [-0.25, -0.2) is 9.37 Å². The minimum atomic E-state index is -0.433. The van der Waals surface area contributed by atoms with Gasteiger partial charge in [0.1, 0.15) is 17.0 Å². The van der Waals surface area contributed by atoms with E-state index in [1.165, 1.54) is 22.5 Å². The van der Waals surface area contributed by atoms with Crippen LogP contribution in [0.2, 0.25) is 0 Å². The Balaban J connectivity index is 1.88. The van der Waals surface area contributed by atoms with Gasteiger partial charge in [0.05, 0.1) is 17.1 Å². The first-order valence-corrected chi connectivity index (χ1v) is 7.42. The van der Waals surface area contributed by atoms with Gasteiger partial charge in [-0.05, 0) is 30.6 Å². The molecule has 0 saturated heterocycles. The lowest BCUT2D eigenvalue weighted by Crippen LogP contribution is -2.27. The summed E-state index contributed by atoms with van der Waals surface area (Å²) < 4.78 is 17.6. The molecular formula is C15H13FN4OS. The van der Waals surface area contributed by atoms with Crippen LogP contribution in [-0.4, -0.2) is 32.4 Å². The molecule has 112 valence electrons. The van der Waals surface area contributed by atoms with E-state index in [9.17, 15) is 9.18 Å². The van der Waals surface area contributed by atoms with E-state index >= 15 is 0 Å². The Bertz CT molecular complexity index is 848. The van der Waals surface area contributed by atoms with Crippen LogP contribution >= 0.6 is 11.5 Å². The summed E-state index contributed by atoms with van der Waals surface area (Å²) in [6.07, 6.45) is 0. The van der Waals surface area contributed by atoms with E-state index in [1.54, 1.807) is 31.3 Å². The molecule has 5 nitrogen and oxygen atoms in total. The summed E-state index contributed by atoms with van der Waals surface area (Å²) in [7, 11) is 1.68. The Morgan fingerprint density at radius 2 is 2.14 bits per heavy atom. The largest absolute Gasteiger partial charge is 0.335 e. The van der Waals surface area contributed by atoms with Gasteiger partial charge in [0.25, 0.3) is 5.91 Å². The Kier molecular flexibility index (Phi) is 3.81. The average Bonchev–Trinajstić information content (AvgIpc) is 2.92. The van der Waals surface area contributed by atoms with Crippen LogP contribution in [0.15, 0.2) is 30.3 Å². The molecule has 2 aromatic heterocycles. The highest BCUT2D eigenvalue weighted by Gasteiger charge is 2.17. The van der Waals surface area contributed by atoms with Crippen LogP contribution < -0.4 is 0 Å². The summed E-state index contributed by atoms with van der Waals surface area (Å²) in [5, 5.41) is 4.59. The maximum Gasteiger partial charge on any atom is 0.272 e. The van der Waals surface area contributed by atoms with Gasteiger partial charge in [0.15, 0.2) is 0 Å². The molecule has 22 heavy (non-hydrogen) atoms. The molecule has 3 rings (SSSR count). The number of carbonyl (C=O) groups excluding carboxylic acids is 1. The molecule has 1 amide bonds. The molecule has 2 heterocycles. The number of aryl methyl sites for hydroxylation is 1. The molecule has 1 aromatic carbocycles. The normalized spacial score (nSPS) is 10.9. The van der Waals surface area contributed by atoms with Gasteiger partial charge in [0, 0.05) is 12.4 Å². The van der Waals surface area contributed by atoms with Crippen LogP contribution in [0.3, 0.4) is 0 Å². The first kappa shape index (κ1) is 14.5. The van der Waals surface area contributed by atoms with Crippen molar-refractivity contribution in [3.63, 3.8) is 0 Å². The quantitative estimate of drug-likeness (QED) is 0.745. The third-order valence-corrected chi connectivity index (χ3v) is 4.17. The minimum absolute atomic E-state index is 0.206. The lowest BCUT2D eigenvalue weighted by Gasteiger charge is -2.16. The average molecular weight is 316 g/mol. The lowest BCUT2D eigenvalue weighted by atomic mass is 10.2. The summed E-state index contributed by atoms with van der Waals surface area (Å²) >= 11 is 1.26. The van der Waals surface area contributed by atoms with E-state index in [-0.39, 0.29) is 17.1 Å². The third-order valence-electron chi connectivity index (χ3n) is 3.36. The molecule has 0 radical (unpaired) electrons. The monoisotopic (exact) mass is 316 g/mol. The highest BCUT2D eigenvalue weighted by atomic mass is 32.1. The van der Waals surface area contributed by atoms with Gasteiger partial charge >= 0.3 is 0 Å². The molecule has 0 aliphatic carbocycles. The van der Waals surface area contributed by atoms with Crippen LogP contribution in [0.5, 0.6) is 0 Å². The van der Waals surface area contributed by atoms with Crippen LogP contribution in [0, 0.1) is 12.7 Å². The topological polar surface area (TPSA) is 59.0 Å². The molecule has 0 atom stereocenters. The van der Waals surface area contributed by atoms with Gasteiger partial charge in [-0.3, -0.25) is 4.79 Å². The van der Waals surface area contributed by atoms with Crippen molar-refractivity contribution < 1.29 is 9.18 Å². The molecule has 3 aromatic rings. The zero-order valence-corrected chi connectivity index (χ0v) is 12.9. The fraction of sp³-hybridized carbons (Fsp3) is 0.200. The summed E-state index contributed by atoms with van der Waals surface area (Å²) in [6.45, 7) is 2.25. The van der Waals surface area contributed by atoms with Crippen molar-refractivity contribution in [2.75, 3.05) is 7.05 Å². The Hall–Kier alpha value is -2.41. The Morgan fingerprint density at radius 1 is 1.32 bits per heavy atom. The lowest BCUT2D eigenvalue weighted by molar-refractivity contribution is 0.0781. The minimum Gasteiger partial charge on any atom is -0.335 e. The Morgan fingerprint density at radius 3 is 2.86 bits per heavy atom. The van der Waals surface area contributed by atoms with Gasteiger partial charge < -0.3 is 4.90 Å². The second kappa shape index (κ2) is 5.76. The smallest absolute Gasteiger partial charge is 0.272 e. The number of nitrogens with zero attached hydrogens (tertiary/aromatic N) is 4. The van der Waals surface area contributed by atoms with E-state index in [0.29, 0.717) is 11.9 Å². The molecule has 0 spiro atoms. The van der Waals surface area contributed by atoms with Crippen molar-refractivity contribution in [3.8, 4) is 0 Å². The molecule has 7 heteroatoms. The zero-order chi connectivity index (χ0) is 15.7. The molecule has 0 saturated carbocycles. The second-order valence-electron chi connectivity index (χ2n) is 4.95. The number of rotatable bonds is 3. The number of fused-ring (bicyclic) bond motifs is 1. The van der Waals surface area contributed by atoms with Crippen molar-refractivity contribution in [1.82, 2.24) is 19.5 Å². The highest BCUT2D eigenvalue weighted by Crippen LogP contribution is 2.18. The summed E-state index contributed by atoms with van der Waals surface area (Å²) in [5.41, 5.74) is 1.23. The predicted molar refractivity (Wildman–Crippen MR) is 82.1 cm³/mol. The van der Waals surface area contributed by atoms with E-state index < -0.39 is 5.82 Å². The first-order valence-electron chi connectivity index (χ1n) is 6.65. The van der Waals surface area contributed by atoms with Crippen LogP contribution in [0.1, 0.15) is 21.1 Å². The number of pyridine rings is 1. The zero-order valence-electron chi connectivity index (χ0n) is 12.1. The molecule has 0 fully saturated rings. The fourth-order valence-electron chi connectivity index (χ4n) is 2.11. The number of hydrogen-bond acceptors (Lipinski definition) is 5. The summed E-state index contributed by atoms with van der Waals surface area (Å²) in [5.74, 6) is -0.699. The number of carbonyl (C=O) groups is 1. The molecule has 0 aliphatic heterocycles. The van der Waals surface area contributed by atoms with E-state index in [4.69, 9.17) is 0 Å². The fourth-order valence-corrected chi connectivity index (χ4v) is 2.79. The maximum atomic E-state index is 13.8. The predicted octanol–water partition coefficient (Wildman–Crippen LogP) is 2.81. The van der Waals surface area contributed by atoms with Crippen molar-refractivity contribution in [2.24, 2.45) is 0 Å². The van der Waals surface area contributed by atoms with Crippen molar-refractivity contribution in [1.29, 1.82) is 0 Å². The molecule has 0 N–H and O–H groups in total. The number of hydrogen-bond donors (Lipinski definition) is 0. The second-order valence-corrected chi connectivity index (χ2v) is 5.79. The summed E-state index contributed by atoms with van der Waals surface area (Å²) in [6, 6.07) is 8.02. The van der Waals surface area contributed by atoms with E-state index in [1.807, 2.05) is 6.92 Å². The maximum absolute atomic E-state index is 13.8. The van der Waals surface area contributed by atoms with Gasteiger partial charge in [-0.2, -0.15) is 0 Å².